The topological polar surface area (TPSA) is 65.4 Å². The van der Waals surface area contributed by atoms with Gasteiger partial charge in [0, 0.05) is 22.8 Å². The molecule has 6 nitrogen and oxygen atoms in total. The molecule has 0 bridgehead atoms. The van der Waals surface area contributed by atoms with E-state index in [2.05, 4.69) is 10.4 Å². The number of amides is 1. The Hall–Kier alpha value is -2.99. The van der Waals surface area contributed by atoms with Gasteiger partial charge in [-0.25, -0.2) is 0 Å². The van der Waals surface area contributed by atoms with Crippen LogP contribution in [0.2, 0.25) is 5.02 Å². The van der Waals surface area contributed by atoms with Gasteiger partial charge in [-0.1, -0.05) is 23.7 Å². The second kappa shape index (κ2) is 7.93. The summed E-state index contributed by atoms with van der Waals surface area (Å²) in [7, 11) is 3.07. The number of hydrogen-bond donors (Lipinski definition) is 1. The van der Waals surface area contributed by atoms with Crippen molar-refractivity contribution >= 4 is 23.3 Å². The fourth-order valence-corrected chi connectivity index (χ4v) is 2.72. The third-order valence-electron chi connectivity index (χ3n) is 3.76. The molecule has 0 aliphatic rings. The molecular formula is C19H18ClN3O3. The minimum atomic E-state index is -0.279. The lowest BCUT2D eigenvalue weighted by Gasteiger charge is -2.09. The van der Waals surface area contributed by atoms with Crippen molar-refractivity contribution in [1.29, 1.82) is 0 Å². The first-order chi connectivity index (χ1) is 12.6. The molecule has 7 heteroatoms. The predicted octanol–water partition coefficient (Wildman–Crippen LogP) is 3.85. The highest BCUT2D eigenvalue weighted by molar-refractivity contribution is 6.30. The number of nitrogens with one attached hydrogen (secondary N) is 1. The van der Waals surface area contributed by atoms with Crippen molar-refractivity contribution in [3.8, 4) is 11.5 Å². The second-order valence-corrected chi connectivity index (χ2v) is 5.99. The third kappa shape index (κ3) is 4.15. The van der Waals surface area contributed by atoms with Crippen molar-refractivity contribution in [2.24, 2.45) is 0 Å². The van der Waals surface area contributed by atoms with Crippen LogP contribution in [0.4, 0.5) is 5.82 Å². The Morgan fingerprint density at radius 1 is 1.12 bits per heavy atom. The van der Waals surface area contributed by atoms with E-state index in [9.17, 15) is 4.79 Å². The Balaban J connectivity index is 1.69. The maximum atomic E-state index is 12.4. The molecule has 0 spiro atoms. The van der Waals surface area contributed by atoms with E-state index in [1.165, 1.54) is 7.11 Å². The van der Waals surface area contributed by atoms with E-state index in [-0.39, 0.29) is 5.91 Å². The predicted molar refractivity (Wildman–Crippen MR) is 100 cm³/mol. The monoisotopic (exact) mass is 371 g/mol. The van der Waals surface area contributed by atoms with E-state index >= 15 is 0 Å². The summed E-state index contributed by atoms with van der Waals surface area (Å²) in [5.74, 6) is 1.24. The summed E-state index contributed by atoms with van der Waals surface area (Å²) in [6, 6.07) is 14.3. The molecule has 134 valence electrons. The van der Waals surface area contributed by atoms with Crippen LogP contribution in [0.3, 0.4) is 0 Å². The number of methoxy groups -OCH3 is 2. The van der Waals surface area contributed by atoms with Crippen LogP contribution in [0.25, 0.3) is 0 Å². The number of carbonyl (C=O) groups excluding carboxylic acids is 1. The Labute approximate surface area is 156 Å². The van der Waals surface area contributed by atoms with Gasteiger partial charge < -0.3 is 14.8 Å². The Bertz CT molecular complexity index is 924. The molecule has 0 saturated carbocycles. The van der Waals surface area contributed by atoms with Crippen molar-refractivity contribution in [2.45, 2.75) is 6.54 Å². The number of anilines is 1. The lowest BCUT2D eigenvalue weighted by atomic mass is 10.2. The first-order valence-electron chi connectivity index (χ1n) is 7.90. The molecule has 0 saturated heterocycles. The molecule has 0 fully saturated rings. The Morgan fingerprint density at radius 2 is 1.92 bits per heavy atom. The number of ether oxygens (including phenoxy) is 2. The molecule has 0 unspecified atom stereocenters. The molecule has 0 aliphatic carbocycles. The zero-order chi connectivity index (χ0) is 18.5. The van der Waals surface area contributed by atoms with Gasteiger partial charge in [-0.2, -0.15) is 5.10 Å². The zero-order valence-corrected chi connectivity index (χ0v) is 15.2. The maximum absolute atomic E-state index is 12.4. The molecule has 1 heterocycles. The van der Waals surface area contributed by atoms with Gasteiger partial charge in [0.15, 0.2) is 17.3 Å². The summed E-state index contributed by atoms with van der Waals surface area (Å²) in [6.07, 6.45) is 1.80. The lowest BCUT2D eigenvalue weighted by Crippen LogP contribution is -2.13. The largest absolute Gasteiger partial charge is 0.493 e. The van der Waals surface area contributed by atoms with E-state index in [0.717, 1.165) is 5.56 Å². The van der Waals surface area contributed by atoms with Crippen molar-refractivity contribution in [2.75, 3.05) is 19.5 Å². The van der Waals surface area contributed by atoms with E-state index in [1.807, 2.05) is 24.3 Å². The molecule has 1 aromatic heterocycles. The van der Waals surface area contributed by atoms with Gasteiger partial charge in [0.1, 0.15) is 0 Å². The van der Waals surface area contributed by atoms with Crippen LogP contribution in [-0.4, -0.2) is 29.9 Å². The van der Waals surface area contributed by atoms with E-state index in [1.54, 1.807) is 42.3 Å². The highest BCUT2D eigenvalue weighted by Crippen LogP contribution is 2.27. The highest BCUT2D eigenvalue weighted by Gasteiger charge is 2.12. The molecule has 0 atom stereocenters. The molecule has 3 aromatic rings. The van der Waals surface area contributed by atoms with Gasteiger partial charge in [0.2, 0.25) is 0 Å². The molecule has 1 N–H and O–H groups in total. The standard InChI is InChI=1S/C19H18ClN3O3/c1-25-16-7-6-14(11-17(16)26-2)19(24)21-18-8-9-23(22-18)12-13-4-3-5-15(20)10-13/h3-11H,12H2,1-2H3,(H,21,22,24). The number of benzene rings is 2. The summed E-state index contributed by atoms with van der Waals surface area (Å²) in [5.41, 5.74) is 1.48. The minimum Gasteiger partial charge on any atom is -0.493 e. The van der Waals surface area contributed by atoms with Crippen molar-refractivity contribution < 1.29 is 14.3 Å². The van der Waals surface area contributed by atoms with Gasteiger partial charge in [0.05, 0.1) is 20.8 Å². The fraction of sp³-hybridized carbons (Fsp3) is 0.158. The van der Waals surface area contributed by atoms with Gasteiger partial charge in [-0.3, -0.25) is 9.48 Å². The SMILES string of the molecule is COc1ccc(C(=O)Nc2ccn(Cc3cccc(Cl)c3)n2)cc1OC. The Kier molecular flexibility index (Phi) is 5.43. The molecule has 26 heavy (non-hydrogen) atoms. The van der Waals surface area contributed by atoms with Crippen molar-refractivity contribution in [3.05, 3.63) is 70.9 Å². The third-order valence-corrected chi connectivity index (χ3v) is 4.00. The minimum absolute atomic E-state index is 0.279. The van der Waals surface area contributed by atoms with Gasteiger partial charge >= 0.3 is 0 Å². The average molecular weight is 372 g/mol. The number of hydrogen-bond acceptors (Lipinski definition) is 4. The van der Waals surface area contributed by atoms with E-state index in [0.29, 0.717) is 34.4 Å². The number of halogens is 1. The number of nitrogens with zero attached hydrogens (tertiary/aromatic N) is 2. The Morgan fingerprint density at radius 3 is 2.65 bits per heavy atom. The van der Waals surface area contributed by atoms with Crippen LogP contribution < -0.4 is 14.8 Å². The van der Waals surface area contributed by atoms with Crippen LogP contribution in [0.15, 0.2) is 54.7 Å². The van der Waals surface area contributed by atoms with E-state index in [4.69, 9.17) is 21.1 Å². The average Bonchev–Trinajstić information content (AvgIpc) is 3.07. The first kappa shape index (κ1) is 17.8. The summed E-state index contributed by atoms with van der Waals surface area (Å²) in [5, 5.41) is 7.81. The van der Waals surface area contributed by atoms with Gasteiger partial charge in [-0.05, 0) is 35.9 Å². The van der Waals surface area contributed by atoms with Crippen LogP contribution in [0.1, 0.15) is 15.9 Å². The van der Waals surface area contributed by atoms with Crippen LogP contribution >= 0.6 is 11.6 Å². The highest BCUT2D eigenvalue weighted by atomic mass is 35.5. The molecule has 0 aliphatic heterocycles. The fourth-order valence-electron chi connectivity index (χ4n) is 2.50. The lowest BCUT2D eigenvalue weighted by molar-refractivity contribution is 0.102. The van der Waals surface area contributed by atoms with Crippen LogP contribution in [0.5, 0.6) is 11.5 Å². The number of carbonyl (C=O) groups is 1. The zero-order valence-electron chi connectivity index (χ0n) is 14.4. The molecule has 2 aromatic carbocycles. The first-order valence-corrected chi connectivity index (χ1v) is 8.28. The van der Waals surface area contributed by atoms with Gasteiger partial charge in [0.25, 0.3) is 5.91 Å². The smallest absolute Gasteiger partial charge is 0.257 e. The van der Waals surface area contributed by atoms with Gasteiger partial charge in [-0.15, -0.1) is 0 Å². The second-order valence-electron chi connectivity index (χ2n) is 5.55. The molecule has 0 radical (unpaired) electrons. The summed E-state index contributed by atoms with van der Waals surface area (Å²) in [4.78, 5) is 12.4. The molecular weight excluding hydrogens is 354 g/mol. The normalized spacial score (nSPS) is 10.4. The molecule has 1 amide bonds. The quantitative estimate of drug-likeness (QED) is 0.714. The number of rotatable bonds is 6. The summed E-state index contributed by atoms with van der Waals surface area (Å²) in [6.45, 7) is 0.562. The van der Waals surface area contributed by atoms with Crippen LogP contribution in [0, 0.1) is 0 Å². The summed E-state index contributed by atoms with van der Waals surface area (Å²) >= 11 is 5.99. The number of aromatic nitrogens is 2. The summed E-state index contributed by atoms with van der Waals surface area (Å²) < 4.78 is 12.1. The maximum Gasteiger partial charge on any atom is 0.257 e. The van der Waals surface area contributed by atoms with Crippen molar-refractivity contribution in [1.82, 2.24) is 9.78 Å². The molecule has 3 rings (SSSR count). The van der Waals surface area contributed by atoms with E-state index < -0.39 is 0 Å². The van der Waals surface area contributed by atoms with Crippen LogP contribution in [-0.2, 0) is 6.54 Å². The van der Waals surface area contributed by atoms with Crippen molar-refractivity contribution in [3.63, 3.8) is 0 Å².